The van der Waals surface area contributed by atoms with Crippen LogP contribution >= 0.6 is 0 Å². The molecular formula is C25H40O3. The fourth-order valence-corrected chi connectivity index (χ4v) is 6.42. The molecule has 3 rings (SSSR count). The van der Waals surface area contributed by atoms with E-state index in [0.29, 0.717) is 24.4 Å². The number of aliphatic hydroxyl groups is 2. The van der Waals surface area contributed by atoms with Gasteiger partial charge < -0.3 is 14.6 Å². The molecule has 2 saturated carbocycles. The Labute approximate surface area is 171 Å². The van der Waals surface area contributed by atoms with E-state index in [2.05, 4.69) is 20.4 Å². The second-order valence-corrected chi connectivity index (χ2v) is 10.3. The second kappa shape index (κ2) is 9.17. The summed E-state index contributed by atoms with van der Waals surface area (Å²) >= 11 is 0. The Bertz CT molecular complexity index is 622. The molecular weight excluding hydrogens is 348 g/mol. The smallest absolute Gasteiger partial charge is 0.0934 e. The number of allylic oxidation sites excluding steroid dienone is 1. The van der Waals surface area contributed by atoms with Crippen molar-refractivity contribution in [3.8, 4) is 0 Å². The highest BCUT2D eigenvalue weighted by atomic mass is 16.3. The molecule has 1 aromatic heterocycles. The summed E-state index contributed by atoms with van der Waals surface area (Å²) in [5, 5.41) is 20.1. The fourth-order valence-electron chi connectivity index (χ4n) is 6.42. The van der Waals surface area contributed by atoms with Gasteiger partial charge in [0.1, 0.15) is 0 Å². The molecule has 0 spiro atoms. The number of hydrogen-bond donors (Lipinski definition) is 2. The Balaban J connectivity index is 1.63. The van der Waals surface area contributed by atoms with Gasteiger partial charge >= 0.3 is 0 Å². The Morgan fingerprint density at radius 3 is 2.79 bits per heavy atom. The summed E-state index contributed by atoms with van der Waals surface area (Å²) in [5.74, 6) is 1.43. The van der Waals surface area contributed by atoms with E-state index in [1.807, 2.05) is 12.3 Å². The zero-order valence-electron chi connectivity index (χ0n) is 18.0. The molecule has 0 radical (unpaired) electrons. The van der Waals surface area contributed by atoms with Gasteiger partial charge in [-0.05, 0) is 98.0 Å². The maximum absolute atomic E-state index is 10.1. The van der Waals surface area contributed by atoms with Crippen molar-refractivity contribution in [3.63, 3.8) is 0 Å². The van der Waals surface area contributed by atoms with Gasteiger partial charge in [0.05, 0.1) is 12.5 Å². The molecule has 158 valence electrons. The van der Waals surface area contributed by atoms with Crippen LogP contribution in [0, 0.1) is 28.6 Å². The molecule has 0 amide bonds. The van der Waals surface area contributed by atoms with Crippen LogP contribution < -0.4 is 0 Å². The predicted molar refractivity (Wildman–Crippen MR) is 114 cm³/mol. The average Bonchev–Trinajstić information content (AvgIpc) is 3.14. The molecule has 2 aliphatic carbocycles. The lowest BCUT2D eigenvalue weighted by Gasteiger charge is -2.52. The minimum absolute atomic E-state index is 0.0587. The van der Waals surface area contributed by atoms with Crippen molar-refractivity contribution in [1.29, 1.82) is 0 Å². The first-order valence-corrected chi connectivity index (χ1v) is 11.3. The van der Waals surface area contributed by atoms with E-state index < -0.39 is 0 Å². The molecule has 3 heteroatoms. The monoisotopic (exact) mass is 388 g/mol. The van der Waals surface area contributed by atoms with Crippen LogP contribution in [0.1, 0.15) is 77.2 Å². The molecule has 1 aromatic rings. The number of furan rings is 1. The van der Waals surface area contributed by atoms with Crippen LogP contribution in [0.5, 0.6) is 0 Å². The van der Waals surface area contributed by atoms with Crippen LogP contribution in [-0.2, 0) is 6.42 Å². The maximum atomic E-state index is 10.1. The minimum Gasteiger partial charge on any atom is -0.472 e. The van der Waals surface area contributed by atoms with Gasteiger partial charge in [0.15, 0.2) is 0 Å². The first kappa shape index (κ1) is 21.6. The van der Waals surface area contributed by atoms with E-state index in [1.54, 1.807) is 6.26 Å². The first-order chi connectivity index (χ1) is 13.4. The standard InChI is InChI=1S/C25H40O3/c1-19-8-9-23-24(2,11-5-12-25(23,3)18-27)15-22(19)14-21(16-26)7-4-6-20-10-13-28-17-20/h10,13,17,21-23,26-27H,1,4-9,11-12,14-16,18H2,2-3H3/t21-,22-,23+,24+,25-/m0/s1. The second-order valence-electron chi connectivity index (χ2n) is 10.3. The van der Waals surface area contributed by atoms with Crippen LogP contribution in [0.4, 0.5) is 0 Å². The zero-order valence-corrected chi connectivity index (χ0v) is 18.0. The topological polar surface area (TPSA) is 53.6 Å². The third-order valence-corrected chi connectivity index (χ3v) is 8.12. The van der Waals surface area contributed by atoms with Crippen molar-refractivity contribution in [3.05, 3.63) is 36.3 Å². The number of fused-ring (bicyclic) bond motifs is 1. The molecule has 0 saturated heterocycles. The third-order valence-electron chi connectivity index (χ3n) is 8.12. The molecule has 5 atom stereocenters. The van der Waals surface area contributed by atoms with Crippen molar-refractivity contribution in [2.45, 2.75) is 78.1 Å². The van der Waals surface area contributed by atoms with E-state index in [1.165, 1.54) is 30.4 Å². The highest BCUT2D eigenvalue weighted by Crippen LogP contribution is 2.58. The quantitative estimate of drug-likeness (QED) is 0.557. The summed E-state index contributed by atoms with van der Waals surface area (Å²) in [6, 6.07) is 2.03. The highest BCUT2D eigenvalue weighted by molar-refractivity contribution is 5.11. The number of hydrogen-bond acceptors (Lipinski definition) is 3. The van der Waals surface area contributed by atoms with Gasteiger partial charge in [0, 0.05) is 13.2 Å². The number of aliphatic hydroxyl groups excluding tert-OH is 2. The Morgan fingerprint density at radius 2 is 2.11 bits per heavy atom. The molecule has 2 aliphatic rings. The Hall–Kier alpha value is -1.06. The Kier molecular flexibility index (Phi) is 7.09. The SMILES string of the molecule is C=C1CC[C@H]2[C@](C)(CO)CCC[C@]2(C)C[C@@H]1C[C@@H](CO)CCCc1ccoc1. The lowest BCUT2D eigenvalue weighted by atomic mass is 9.53. The molecule has 28 heavy (non-hydrogen) atoms. The summed E-state index contributed by atoms with van der Waals surface area (Å²) in [7, 11) is 0. The van der Waals surface area contributed by atoms with Gasteiger partial charge in [-0.3, -0.25) is 0 Å². The summed E-state index contributed by atoms with van der Waals surface area (Å²) in [4.78, 5) is 0. The van der Waals surface area contributed by atoms with Crippen molar-refractivity contribution in [2.75, 3.05) is 13.2 Å². The average molecular weight is 389 g/mol. The van der Waals surface area contributed by atoms with Gasteiger partial charge in [-0.25, -0.2) is 0 Å². The molecule has 2 N–H and O–H groups in total. The van der Waals surface area contributed by atoms with Crippen molar-refractivity contribution >= 4 is 0 Å². The van der Waals surface area contributed by atoms with Gasteiger partial charge in [0.2, 0.25) is 0 Å². The number of rotatable bonds is 8. The molecule has 0 aromatic carbocycles. The zero-order chi connectivity index (χ0) is 20.2. The Morgan fingerprint density at radius 1 is 1.29 bits per heavy atom. The van der Waals surface area contributed by atoms with Crippen LogP contribution in [0.25, 0.3) is 0 Å². The van der Waals surface area contributed by atoms with E-state index >= 15 is 0 Å². The molecule has 1 heterocycles. The van der Waals surface area contributed by atoms with E-state index in [9.17, 15) is 10.2 Å². The normalized spacial score (nSPS) is 34.6. The van der Waals surface area contributed by atoms with E-state index in [0.717, 1.165) is 44.9 Å². The highest BCUT2D eigenvalue weighted by Gasteiger charge is 2.50. The molecule has 3 nitrogen and oxygen atoms in total. The van der Waals surface area contributed by atoms with Crippen LogP contribution in [0.2, 0.25) is 0 Å². The number of aryl methyl sites for hydroxylation is 1. The lowest BCUT2D eigenvalue weighted by molar-refractivity contribution is -0.0537. The van der Waals surface area contributed by atoms with Gasteiger partial charge in [-0.2, -0.15) is 0 Å². The van der Waals surface area contributed by atoms with Gasteiger partial charge in [-0.1, -0.05) is 32.4 Å². The molecule has 0 bridgehead atoms. The maximum Gasteiger partial charge on any atom is 0.0934 e. The summed E-state index contributed by atoms with van der Waals surface area (Å²) < 4.78 is 5.16. The van der Waals surface area contributed by atoms with E-state index in [4.69, 9.17) is 4.42 Å². The molecule has 0 unspecified atom stereocenters. The third kappa shape index (κ3) is 4.74. The van der Waals surface area contributed by atoms with Gasteiger partial charge in [0.25, 0.3) is 0 Å². The summed E-state index contributed by atoms with van der Waals surface area (Å²) in [5.41, 5.74) is 2.97. The summed E-state index contributed by atoms with van der Waals surface area (Å²) in [6.45, 7) is 9.80. The van der Waals surface area contributed by atoms with E-state index in [-0.39, 0.29) is 17.4 Å². The predicted octanol–water partition coefficient (Wildman–Crippen LogP) is 5.76. The first-order valence-electron chi connectivity index (χ1n) is 11.3. The van der Waals surface area contributed by atoms with Crippen molar-refractivity contribution < 1.29 is 14.6 Å². The minimum atomic E-state index is 0.0587. The van der Waals surface area contributed by atoms with Crippen LogP contribution in [0.15, 0.2) is 35.2 Å². The van der Waals surface area contributed by atoms with Gasteiger partial charge in [-0.15, -0.1) is 0 Å². The fraction of sp³-hybridized carbons (Fsp3) is 0.760. The lowest BCUT2D eigenvalue weighted by Crippen LogP contribution is -2.45. The summed E-state index contributed by atoms with van der Waals surface area (Å²) in [6.07, 6.45) is 14.8. The van der Waals surface area contributed by atoms with Crippen LogP contribution in [-0.4, -0.2) is 23.4 Å². The largest absolute Gasteiger partial charge is 0.472 e. The van der Waals surface area contributed by atoms with Crippen molar-refractivity contribution in [1.82, 2.24) is 0 Å². The molecule has 0 aliphatic heterocycles. The van der Waals surface area contributed by atoms with Crippen molar-refractivity contribution in [2.24, 2.45) is 28.6 Å². The van der Waals surface area contributed by atoms with Crippen LogP contribution in [0.3, 0.4) is 0 Å². The molecule has 2 fully saturated rings.